The van der Waals surface area contributed by atoms with Gasteiger partial charge in [0, 0.05) is 25.6 Å². The molecule has 0 spiro atoms. The Morgan fingerprint density at radius 1 is 1.40 bits per heavy atom. The molecule has 0 unspecified atom stereocenters. The highest BCUT2D eigenvalue weighted by molar-refractivity contribution is 5.93. The first-order valence-corrected chi connectivity index (χ1v) is 6.63. The van der Waals surface area contributed by atoms with Crippen molar-refractivity contribution in [3.8, 4) is 0 Å². The maximum absolute atomic E-state index is 12.2. The minimum Gasteiger partial charge on any atom is -0.347 e. The fourth-order valence-electron chi connectivity index (χ4n) is 1.91. The van der Waals surface area contributed by atoms with Crippen molar-refractivity contribution >= 4 is 5.91 Å². The quantitative estimate of drug-likeness (QED) is 0.918. The van der Waals surface area contributed by atoms with E-state index in [0.29, 0.717) is 12.1 Å². The van der Waals surface area contributed by atoms with Gasteiger partial charge in [0.25, 0.3) is 5.91 Å². The lowest BCUT2D eigenvalue weighted by atomic mass is 9.86. The smallest absolute Gasteiger partial charge is 0.254 e. The van der Waals surface area contributed by atoms with Crippen LogP contribution >= 0.6 is 0 Å². The number of nitrogens with zero attached hydrogens (tertiary/aromatic N) is 4. The molecule has 2 aromatic heterocycles. The van der Waals surface area contributed by atoms with Crippen LogP contribution in [-0.2, 0) is 13.6 Å². The van der Waals surface area contributed by atoms with Gasteiger partial charge in [0.1, 0.15) is 0 Å². The first kappa shape index (κ1) is 14.3. The SMILES string of the molecule is Cn1cc(C(=O)N[C@@H](Cn2cccn2)C(C)(C)C)cn1. The molecule has 2 heterocycles. The van der Waals surface area contributed by atoms with Crippen LogP contribution in [0.15, 0.2) is 30.9 Å². The van der Waals surface area contributed by atoms with E-state index in [9.17, 15) is 4.79 Å². The van der Waals surface area contributed by atoms with Crippen molar-refractivity contribution < 1.29 is 4.79 Å². The highest BCUT2D eigenvalue weighted by Gasteiger charge is 2.27. The van der Waals surface area contributed by atoms with Gasteiger partial charge in [-0.15, -0.1) is 0 Å². The van der Waals surface area contributed by atoms with Gasteiger partial charge in [0.2, 0.25) is 0 Å². The molecule has 1 N–H and O–H groups in total. The predicted octanol–water partition coefficient (Wildman–Crippen LogP) is 1.46. The molecule has 0 fully saturated rings. The zero-order valence-corrected chi connectivity index (χ0v) is 12.4. The second-order valence-electron chi connectivity index (χ2n) is 6.02. The van der Waals surface area contributed by atoms with Gasteiger partial charge in [0.15, 0.2) is 0 Å². The zero-order chi connectivity index (χ0) is 14.8. The van der Waals surface area contributed by atoms with Crippen LogP contribution in [0.3, 0.4) is 0 Å². The summed E-state index contributed by atoms with van der Waals surface area (Å²) in [6.45, 7) is 6.95. The van der Waals surface area contributed by atoms with Crippen LogP contribution in [0.25, 0.3) is 0 Å². The van der Waals surface area contributed by atoms with E-state index >= 15 is 0 Å². The molecule has 0 bridgehead atoms. The molecule has 6 heteroatoms. The second kappa shape index (κ2) is 5.48. The van der Waals surface area contributed by atoms with E-state index in [1.54, 1.807) is 30.3 Å². The molecule has 1 atom stereocenters. The van der Waals surface area contributed by atoms with Crippen LogP contribution in [-0.4, -0.2) is 31.5 Å². The standard InChI is InChI=1S/C14H21N5O/c1-14(2,3)12(10-19-7-5-6-15-19)17-13(20)11-8-16-18(4)9-11/h5-9,12H,10H2,1-4H3,(H,17,20)/t12-/m0/s1. The molecule has 1 amide bonds. The van der Waals surface area contributed by atoms with Gasteiger partial charge in [-0.25, -0.2) is 0 Å². The van der Waals surface area contributed by atoms with Crippen LogP contribution in [0.1, 0.15) is 31.1 Å². The summed E-state index contributed by atoms with van der Waals surface area (Å²) >= 11 is 0. The Morgan fingerprint density at radius 3 is 2.65 bits per heavy atom. The fraction of sp³-hybridized carbons (Fsp3) is 0.500. The lowest BCUT2D eigenvalue weighted by Crippen LogP contribution is -2.46. The van der Waals surface area contributed by atoms with Crippen molar-refractivity contribution in [1.82, 2.24) is 24.9 Å². The summed E-state index contributed by atoms with van der Waals surface area (Å²) in [5.41, 5.74) is 0.506. The highest BCUT2D eigenvalue weighted by Crippen LogP contribution is 2.21. The van der Waals surface area contributed by atoms with Gasteiger partial charge in [-0.1, -0.05) is 20.8 Å². The molecular formula is C14H21N5O. The summed E-state index contributed by atoms with van der Waals surface area (Å²) in [4.78, 5) is 12.2. The molecule has 20 heavy (non-hydrogen) atoms. The molecule has 0 aliphatic heterocycles. The van der Waals surface area contributed by atoms with Crippen molar-refractivity contribution in [3.63, 3.8) is 0 Å². The van der Waals surface area contributed by atoms with E-state index < -0.39 is 0 Å². The van der Waals surface area contributed by atoms with Crippen LogP contribution in [0.2, 0.25) is 0 Å². The van der Waals surface area contributed by atoms with Crippen molar-refractivity contribution in [1.29, 1.82) is 0 Å². The van der Waals surface area contributed by atoms with E-state index in [0.717, 1.165) is 0 Å². The molecule has 108 valence electrons. The summed E-state index contributed by atoms with van der Waals surface area (Å²) in [5.74, 6) is -0.106. The number of amides is 1. The monoisotopic (exact) mass is 275 g/mol. The first-order valence-electron chi connectivity index (χ1n) is 6.63. The Morgan fingerprint density at radius 2 is 2.15 bits per heavy atom. The van der Waals surface area contributed by atoms with Crippen LogP contribution in [0, 0.1) is 5.41 Å². The van der Waals surface area contributed by atoms with Crippen LogP contribution in [0.4, 0.5) is 0 Å². The predicted molar refractivity (Wildman–Crippen MR) is 76.1 cm³/mol. The topological polar surface area (TPSA) is 64.7 Å². The number of carbonyl (C=O) groups excluding carboxylic acids is 1. The largest absolute Gasteiger partial charge is 0.347 e. The molecule has 2 rings (SSSR count). The van der Waals surface area contributed by atoms with Crippen molar-refractivity contribution in [3.05, 3.63) is 36.4 Å². The summed E-state index contributed by atoms with van der Waals surface area (Å²) in [6, 6.07) is 1.86. The second-order valence-corrected chi connectivity index (χ2v) is 6.02. The van der Waals surface area contributed by atoms with Gasteiger partial charge in [-0.2, -0.15) is 10.2 Å². The summed E-state index contributed by atoms with van der Waals surface area (Å²) < 4.78 is 3.45. The maximum Gasteiger partial charge on any atom is 0.254 e. The van der Waals surface area contributed by atoms with E-state index in [-0.39, 0.29) is 17.4 Å². The number of nitrogens with one attached hydrogen (secondary N) is 1. The summed E-state index contributed by atoms with van der Waals surface area (Å²) in [7, 11) is 1.79. The molecular weight excluding hydrogens is 254 g/mol. The zero-order valence-electron chi connectivity index (χ0n) is 12.4. The van der Waals surface area contributed by atoms with E-state index in [1.807, 2.05) is 16.9 Å². The van der Waals surface area contributed by atoms with E-state index in [2.05, 4.69) is 36.3 Å². The molecule has 0 aromatic carbocycles. The number of carbonyl (C=O) groups is 1. The highest BCUT2D eigenvalue weighted by atomic mass is 16.1. The maximum atomic E-state index is 12.2. The van der Waals surface area contributed by atoms with E-state index in [1.165, 1.54) is 0 Å². The van der Waals surface area contributed by atoms with Gasteiger partial charge < -0.3 is 5.32 Å². The molecule has 0 saturated heterocycles. The van der Waals surface area contributed by atoms with Crippen LogP contribution in [0.5, 0.6) is 0 Å². The summed E-state index contributed by atoms with van der Waals surface area (Å²) in [5, 5.41) is 11.3. The van der Waals surface area contributed by atoms with Crippen LogP contribution < -0.4 is 5.32 Å². The third kappa shape index (κ3) is 3.46. The normalized spacial score (nSPS) is 13.2. The third-order valence-corrected chi connectivity index (χ3v) is 3.25. The average Bonchev–Trinajstić information content (AvgIpc) is 2.98. The molecule has 0 aliphatic carbocycles. The Bertz CT molecular complexity index is 565. The van der Waals surface area contributed by atoms with Gasteiger partial charge in [-0.3, -0.25) is 14.2 Å². The van der Waals surface area contributed by atoms with E-state index in [4.69, 9.17) is 0 Å². The van der Waals surface area contributed by atoms with Crippen molar-refractivity contribution in [2.45, 2.75) is 33.4 Å². The third-order valence-electron chi connectivity index (χ3n) is 3.25. The Kier molecular flexibility index (Phi) is 3.92. The molecule has 0 radical (unpaired) electrons. The van der Waals surface area contributed by atoms with Gasteiger partial charge in [0.05, 0.1) is 24.3 Å². The average molecular weight is 275 g/mol. The minimum absolute atomic E-state index is 0.0184. The summed E-state index contributed by atoms with van der Waals surface area (Å²) in [6.07, 6.45) is 6.92. The number of hydrogen-bond donors (Lipinski definition) is 1. The number of aryl methyl sites for hydroxylation is 1. The first-order chi connectivity index (χ1) is 9.36. The van der Waals surface area contributed by atoms with Crippen molar-refractivity contribution in [2.24, 2.45) is 12.5 Å². The molecule has 0 aliphatic rings. The molecule has 0 saturated carbocycles. The fourth-order valence-corrected chi connectivity index (χ4v) is 1.91. The van der Waals surface area contributed by atoms with Gasteiger partial charge in [-0.05, 0) is 11.5 Å². The molecule has 2 aromatic rings. The van der Waals surface area contributed by atoms with Gasteiger partial charge >= 0.3 is 0 Å². The Hall–Kier alpha value is -2.11. The number of hydrogen-bond acceptors (Lipinski definition) is 3. The number of aromatic nitrogens is 4. The number of rotatable bonds is 4. The Labute approximate surface area is 118 Å². The minimum atomic E-state index is -0.106. The lowest BCUT2D eigenvalue weighted by molar-refractivity contribution is 0.0890. The Balaban J connectivity index is 2.10. The van der Waals surface area contributed by atoms with Crippen molar-refractivity contribution in [2.75, 3.05) is 0 Å². The lowest BCUT2D eigenvalue weighted by Gasteiger charge is -2.31. The molecule has 6 nitrogen and oxygen atoms in total.